The zero-order valence-corrected chi connectivity index (χ0v) is 14.0. The van der Waals surface area contributed by atoms with Crippen LogP contribution in [0.3, 0.4) is 0 Å². The van der Waals surface area contributed by atoms with E-state index in [2.05, 4.69) is 15.3 Å². The monoisotopic (exact) mass is 370 g/mol. The number of nitrogens with one attached hydrogen (secondary N) is 1. The molecule has 0 atom stereocenters. The molecular formula is C13H8Cl2N4OS2. The summed E-state index contributed by atoms with van der Waals surface area (Å²) >= 11 is 14.5. The molecule has 0 saturated carbocycles. The van der Waals surface area contributed by atoms with E-state index < -0.39 is 0 Å². The molecule has 0 aliphatic heterocycles. The van der Waals surface area contributed by atoms with Crippen molar-refractivity contribution < 1.29 is 4.79 Å². The predicted octanol–water partition coefficient (Wildman–Crippen LogP) is 4.41. The molecule has 3 aromatic rings. The summed E-state index contributed by atoms with van der Waals surface area (Å²) in [4.78, 5) is 20.7. The minimum Gasteiger partial charge on any atom is -0.375 e. The number of anilines is 2. The number of carbonyl (C=O) groups is 1. The Morgan fingerprint density at radius 3 is 2.55 bits per heavy atom. The maximum absolute atomic E-state index is 12.2. The second-order valence-electron chi connectivity index (χ2n) is 4.19. The minimum absolute atomic E-state index is 0.286. The van der Waals surface area contributed by atoms with E-state index in [1.54, 1.807) is 17.5 Å². The van der Waals surface area contributed by atoms with E-state index in [-0.39, 0.29) is 10.9 Å². The third-order valence-corrected chi connectivity index (χ3v) is 4.66. The number of amides is 1. The van der Waals surface area contributed by atoms with E-state index in [4.69, 9.17) is 28.9 Å². The molecule has 5 nitrogen and oxygen atoms in total. The molecule has 1 amide bonds. The molecule has 3 N–H and O–H groups in total. The van der Waals surface area contributed by atoms with Crippen LogP contribution in [-0.4, -0.2) is 15.9 Å². The summed E-state index contributed by atoms with van der Waals surface area (Å²) in [6.07, 6.45) is 0. The highest BCUT2D eigenvalue weighted by molar-refractivity contribution is 7.14. The van der Waals surface area contributed by atoms with Crippen LogP contribution < -0.4 is 11.1 Å². The normalized spacial score (nSPS) is 10.6. The Balaban J connectivity index is 1.79. The van der Waals surface area contributed by atoms with Crippen molar-refractivity contribution in [2.45, 2.75) is 0 Å². The smallest absolute Gasteiger partial charge is 0.258 e. The molecule has 9 heteroatoms. The highest BCUT2D eigenvalue weighted by Gasteiger charge is 2.14. The number of thiazole rings is 2. The highest BCUT2D eigenvalue weighted by atomic mass is 35.5. The lowest BCUT2D eigenvalue weighted by molar-refractivity contribution is 0.102. The number of nitrogens with two attached hydrogens (primary N) is 1. The maximum atomic E-state index is 12.2. The van der Waals surface area contributed by atoms with E-state index in [0.29, 0.717) is 32.2 Å². The third-order valence-electron chi connectivity index (χ3n) is 2.68. The molecule has 0 aliphatic rings. The summed E-state index contributed by atoms with van der Waals surface area (Å²) in [6.45, 7) is 0. The van der Waals surface area contributed by atoms with E-state index in [1.165, 1.54) is 28.7 Å². The molecule has 0 aliphatic carbocycles. The van der Waals surface area contributed by atoms with Crippen molar-refractivity contribution in [3.63, 3.8) is 0 Å². The van der Waals surface area contributed by atoms with Gasteiger partial charge in [0.05, 0.1) is 10.6 Å². The van der Waals surface area contributed by atoms with Crippen LogP contribution in [0, 0.1) is 0 Å². The van der Waals surface area contributed by atoms with Gasteiger partial charge in [-0.1, -0.05) is 23.2 Å². The van der Waals surface area contributed by atoms with Gasteiger partial charge in [0, 0.05) is 15.8 Å². The predicted molar refractivity (Wildman–Crippen MR) is 92.0 cm³/mol. The zero-order chi connectivity index (χ0) is 15.7. The molecule has 0 unspecified atom stereocenters. The van der Waals surface area contributed by atoms with Gasteiger partial charge in [-0.3, -0.25) is 10.1 Å². The Bertz CT molecular complexity index is 846. The van der Waals surface area contributed by atoms with Gasteiger partial charge in [0.1, 0.15) is 11.4 Å². The first-order chi connectivity index (χ1) is 10.5. The number of nitrogens with zero attached hydrogens (tertiary/aromatic N) is 2. The number of carbonyl (C=O) groups excluding carboxylic acids is 1. The number of hydrogen-bond donors (Lipinski definition) is 2. The van der Waals surface area contributed by atoms with Gasteiger partial charge in [-0.15, -0.1) is 22.7 Å². The maximum Gasteiger partial charge on any atom is 0.258 e. The number of halogens is 2. The molecule has 0 saturated heterocycles. The summed E-state index contributed by atoms with van der Waals surface area (Å²) < 4.78 is 0. The second kappa shape index (κ2) is 6.21. The van der Waals surface area contributed by atoms with Gasteiger partial charge >= 0.3 is 0 Å². The van der Waals surface area contributed by atoms with Gasteiger partial charge in [0.25, 0.3) is 5.91 Å². The zero-order valence-electron chi connectivity index (χ0n) is 10.8. The average Bonchev–Trinajstić information content (AvgIpc) is 3.07. The molecule has 0 radical (unpaired) electrons. The van der Waals surface area contributed by atoms with Gasteiger partial charge in [-0.2, -0.15) is 0 Å². The van der Waals surface area contributed by atoms with Crippen LogP contribution in [0.1, 0.15) is 10.4 Å². The van der Waals surface area contributed by atoms with Crippen molar-refractivity contribution in [1.82, 2.24) is 9.97 Å². The first kappa shape index (κ1) is 15.2. The van der Waals surface area contributed by atoms with Gasteiger partial charge in [0.2, 0.25) is 0 Å². The van der Waals surface area contributed by atoms with Crippen molar-refractivity contribution in [2.24, 2.45) is 0 Å². The van der Waals surface area contributed by atoms with Gasteiger partial charge in [-0.05, 0) is 18.2 Å². The number of benzene rings is 1. The van der Waals surface area contributed by atoms with E-state index in [0.717, 1.165) is 0 Å². The van der Waals surface area contributed by atoms with E-state index >= 15 is 0 Å². The van der Waals surface area contributed by atoms with Crippen LogP contribution >= 0.6 is 45.9 Å². The van der Waals surface area contributed by atoms with Crippen molar-refractivity contribution in [1.29, 1.82) is 0 Å². The van der Waals surface area contributed by atoms with Crippen LogP contribution in [0.4, 0.5) is 10.3 Å². The lowest BCUT2D eigenvalue weighted by atomic mass is 10.2. The number of nitrogen functional groups attached to an aromatic ring is 1. The standard InChI is InChI=1S/C13H8Cl2N4OS2/c14-6-1-2-7(8(15)3-6)11(20)19-13-18-10(5-22-13)9-4-21-12(16)17-9/h1-5H,(H2,16,17)(H,18,19,20). The molecule has 2 aromatic heterocycles. The molecule has 3 rings (SSSR count). The van der Waals surface area contributed by atoms with Crippen LogP contribution in [0.15, 0.2) is 29.0 Å². The third kappa shape index (κ3) is 3.22. The summed E-state index contributed by atoms with van der Waals surface area (Å²) in [6, 6.07) is 4.69. The van der Waals surface area contributed by atoms with E-state index in [1.807, 2.05) is 5.38 Å². The van der Waals surface area contributed by atoms with Crippen molar-refractivity contribution in [2.75, 3.05) is 11.1 Å². The van der Waals surface area contributed by atoms with Gasteiger partial charge in [-0.25, -0.2) is 9.97 Å². The number of aromatic nitrogens is 2. The Morgan fingerprint density at radius 1 is 1.14 bits per heavy atom. The lowest BCUT2D eigenvalue weighted by Crippen LogP contribution is -2.12. The van der Waals surface area contributed by atoms with Crippen LogP contribution in [-0.2, 0) is 0 Å². The molecule has 0 fully saturated rings. The molecule has 22 heavy (non-hydrogen) atoms. The summed E-state index contributed by atoms with van der Waals surface area (Å²) in [5.41, 5.74) is 7.28. The highest BCUT2D eigenvalue weighted by Crippen LogP contribution is 2.28. The molecule has 1 aromatic carbocycles. The summed E-state index contributed by atoms with van der Waals surface area (Å²) in [5.74, 6) is -0.347. The van der Waals surface area contributed by atoms with Crippen molar-refractivity contribution >= 4 is 62.0 Å². The quantitative estimate of drug-likeness (QED) is 0.715. The Hall–Kier alpha value is -1.67. The average molecular weight is 371 g/mol. The summed E-state index contributed by atoms with van der Waals surface area (Å²) in [5, 5.41) is 8.00. The fraction of sp³-hybridized carbons (Fsp3) is 0. The second-order valence-corrected chi connectivity index (χ2v) is 6.78. The topological polar surface area (TPSA) is 80.9 Å². The fourth-order valence-corrected chi connectivity index (χ4v) is 3.44. The van der Waals surface area contributed by atoms with Crippen LogP contribution in [0.5, 0.6) is 0 Å². The molecule has 0 spiro atoms. The lowest BCUT2D eigenvalue weighted by Gasteiger charge is -2.04. The number of hydrogen-bond acceptors (Lipinski definition) is 6. The Morgan fingerprint density at radius 2 is 1.86 bits per heavy atom. The minimum atomic E-state index is -0.347. The van der Waals surface area contributed by atoms with Crippen molar-refractivity contribution in [3.8, 4) is 11.4 Å². The van der Waals surface area contributed by atoms with Crippen molar-refractivity contribution in [3.05, 3.63) is 44.6 Å². The number of rotatable bonds is 3. The SMILES string of the molecule is Nc1nc(-c2csc(NC(=O)c3ccc(Cl)cc3Cl)n2)cs1. The van der Waals surface area contributed by atoms with Crippen LogP contribution in [0.25, 0.3) is 11.4 Å². The summed E-state index contributed by atoms with van der Waals surface area (Å²) in [7, 11) is 0. The first-order valence-electron chi connectivity index (χ1n) is 5.96. The Labute approximate surface area is 143 Å². The molecule has 2 heterocycles. The van der Waals surface area contributed by atoms with E-state index in [9.17, 15) is 4.79 Å². The fourth-order valence-electron chi connectivity index (χ4n) is 1.69. The Kier molecular flexibility index (Phi) is 4.30. The van der Waals surface area contributed by atoms with Gasteiger partial charge < -0.3 is 5.73 Å². The largest absolute Gasteiger partial charge is 0.375 e. The van der Waals surface area contributed by atoms with Gasteiger partial charge in [0.15, 0.2) is 10.3 Å². The van der Waals surface area contributed by atoms with Crippen LogP contribution in [0.2, 0.25) is 10.0 Å². The molecule has 0 bridgehead atoms. The first-order valence-corrected chi connectivity index (χ1v) is 8.48. The molecule has 112 valence electrons. The molecular weight excluding hydrogens is 363 g/mol.